The molecule has 0 aliphatic rings. The Morgan fingerprint density at radius 2 is 1.82 bits per heavy atom. The highest BCUT2D eigenvalue weighted by molar-refractivity contribution is 7.80. The summed E-state index contributed by atoms with van der Waals surface area (Å²) in [7, 11) is 0. The molecule has 0 saturated heterocycles. The van der Waals surface area contributed by atoms with Crippen LogP contribution in [0.1, 0.15) is 15.9 Å². The van der Waals surface area contributed by atoms with Crippen molar-refractivity contribution in [3.8, 4) is 0 Å². The molecule has 0 radical (unpaired) electrons. The summed E-state index contributed by atoms with van der Waals surface area (Å²) >= 11 is 4.25. The van der Waals surface area contributed by atoms with Crippen LogP contribution < -0.4 is 5.32 Å². The zero-order valence-electron chi connectivity index (χ0n) is 11.9. The van der Waals surface area contributed by atoms with E-state index in [0.29, 0.717) is 17.9 Å². The zero-order chi connectivity index (χ0) is 15.9. The van der Waals surface area contributed by atoms with E-state index >= 15 is 0 Å². The molecule has 0 aromatic heterocycles. The van der Waals surface area contributed by atoms with Gasteiger partial charge in [0.2, 0.25) is 5.91 Å². The lowest BCUT2D eigenvalue weighted by molar-refractivity contribution is -0.119. The van der Waals surface area contributed by atoms with Crippen molar-refractivity contribution < 1.29 is 14.7 Å². The Labute approximate surface area is 134 Å². The third kappa shape index (κ3) is 4.36. The molecule has 0 spiro atoms. The first-order valence-electron chi connectivity index (χ1n) is 6.89. The summed E-state index contributed by atoms with van der Waals surface area (Å²) < 4.78 is 0. The van der Waals surface area contributed by atoms with Gasteiger partial charge in [-0.05, 0) is 30.2 Å². The zero-order valence-corrected chi connectivity index (χ0v) is 12.8. The van der Waals surface area contributed by atoms with Crippen LogP contribution in [0.15, 0.2) is 54.6 Å². The highest BCUT2D eigenvalue weighted by Crippen LogP contribution is 2.15. The smallest absolute Gasteiger partial charge is 0.335 e. The van der Waals surface area contributed by atoms with Crippen molar-refractivity contribution in [3.05, 3.63) is 65.7 Å². The van der Waals surface area contributed by atoms with Gasteiger partial charge in [-0.1, -0.05) is 36.4 Å². The van der Waals surface area contributed by atoms with E-state index in [1.807, 2.05) is 30.3 Å². The number of amides is 1. The van der Waals surface area contributed by atoms with Crippen LogP contribution in [0, 0.1) is 5.92 Å². The number of thiol groups is 1. The Morgan fingerprint density at radius 3 is 2.45 bits per heavy atom. The minimum Gasteiger partial charge on any atom is -0.478 e. The predicted molar refractivity (Wildman–Crippen MR) is 89.5 cm³/mol. The predicted octanol–water partition coefficient (Wildman–Crippen LogP) is 3.11. The van der Waals surface area contributed by atoms with E-state index in [4.69, 9.17) is 5.11 Å². The SMILES string of the molecule is O=C(O)c1cccc(NC(=O)C(CS)Cc2ccccc2)c1. The van der Waals surface area contributed by atoms with Crippen molar-refractivity contribution in [1.82, 2.24) is 0 Å². The fourth-order valence-corrected chi connectivity index (χ4v) is 2.41. The van der Waals surface area contributed by atoms with Crippen molar-refractivity contribution in [2.75, 3.05) is 11.1 Å². The summed E-state index contributed by atoms with van der Waals surface area (Å²) in [6, 6.07) is 15.9. The maximum atomic E-state index is 12.3. The van der Waals surface area contributed by atoms with E-state index < -0.39 is 5.97 Å². The number of aromatic carboxylic acids is 1. The minimum absolute atomic E-state index is 0.142. The molecule has 0 fully saturated rings. The molecule has 5 heteroatoms. The van der Waals surface area contributed by atoms with Crippen LogP contribution in [0.25, 0.3) is 0 Å². The first-order valence-corrected chi connectivity index (χ1v) is 7.52. The molecular weight excluding hydrogens is 298 g/mol. The highest BCUT2D eigenvalue weighted by Gasteiger charge is 2.18. The number of hydrogen-bond donors (Lipinski definition) is 3. The summed E-state index contributed by atoms with van der Waals surface area (Å²) in [6.07, 6.45) is 0.592. The standard InChI is InChI=1S/C17H17NO3S/c19-16(14(11-22)9-12-5-2-1-3-6-12)18-15-8-4-7-13(10-15)17(20)21/h1-8,10,14,22H,9,11H2,(H,18,19)(H,20,21). The average molecular weight is 315 g/mol. The van der Waals surface area contributed by atoms with Crippen molar-refractivity contribution in [2.24, 2.45) is 5.92 Å². The van der Waals surface area contributed by atoms with Gasteiger partial charge in [0, 0.05) is 11.4 Å². The van der Waals surface area contributed by atoms with Gasteiger partial charge in [0.1, 0.15) is 0 Å². The van der Waals surface area contributed by atoms with Gasteiger partial charge in [-0.3, -0.25) is 4.79 Å². The van der Waals surface area contributed by atoms with Crippen LogP contribution in [0.5, 0.6) is 0 Å². The molecule has 2 aromatic carbocycles. The largest absolute Gasteiger partial charge is 0.478 e. The molecule has 22 heavy (non-hydrogen) atoms. The maximum Gasteiger partial charge on any atom is 0.335 e. The van der Waals surface area contributed by atoms with Gasteiger partial charge in [0.05, 0.1) is 11.5 Å². The minimum atomic E-state index is -1.02. The molecule has 1 unspecified atom stereocenters. The van der Waals surface area contributed by atoms with E-state index in [0.717, 1.165) is 5.56 Å². The van der Waals surface area contributed by atoms with Gasteiger partial charge in [-0.15, -0.1) is 0 Å². The van der Waals surface area contributed by atoms with Crippen LogP contribution in [0.3, 0.4) is 0 Å². The normalized spacial score (nSPS) is 11.7. The Hall–Kier alpha value is -2.27. The quantitative estimate of drug-likeness (QED) is 0.718. The molecular formula is C17H17NO3S. The number of carbonyl (C=O) groups is 2. The lowest BCUT2D eigenvalue weighted by Crippen LogP contribution is -2.26. The first kappa shape index (κ1) is 16.1. The van der Waals surface area contributed by atoms with Gasteiger partial charge in [-0.2, -0.15) is 12.6 Å². The monoisotopic (exact) mass is 315 g/mol. The second kappa shape index (κ2) is 7.66. The summed E-state index contributed by atoms with van der Waals surface area (Å²) in [4.78, 5) is 23.3. The number of carboxylic acid groups (broad SMARTS) is 1. The number of carbonyl (C=O) groups excluding carboxylic acids is 1. The number of carboxylic acids is 1. The van der Waals surface area contributed by atoms with E-state index in [1.165, 1.54) is 12.1 Å². The van der Waals surface area contributed by atoms with Crippen LogP contribution in [0.2, 0.25) is 0 Å². The van der Waals surface area contributed by atoms with Gasteiger partial charge in [0.15, 0.2) is 0 Å². The molecule has 0 heterocycles. The van der Waals surface area contributed by atoms with Crippen molar-refractivity contribution in [2.45, 2.75) is 6.42 Å². The van der Waals surface area contributed by atoms with Gasteiger partial charge in [0.25, 0.3) is 0 Å². The van der Waals surface area contributed by atoms with Crippen molar-refractivity contribution >= 4 is 30.2 Å². The number of benzene rings is 2. The fraction of sp³-hybridized carbons (Fsp3) is 0.176. The highest BCUT2D eigenvalue weighted by atomic mass is 32.1. The Balaban J connectivity index is 2.06. The second-order valence-corrected chi connectivity index (χ2v) is 5.31. The van der Waals surface area contributed by atoms with E-state index in [1.54, 1.807) is 12.1 Å². The van der Waals surface area contributed by atoms with Gasteiger partial charge in [-0.25, -0.2) is 4.79 Å². The van der Waals surface area contributed by atoms with Crippen LogP contribution in [-0.4, -0.2) is 22.7 Å². The number of rotatable bonds is 6. The lowest BCUT2D eigenvalue weighted by Gasteiger charge is -2.15. The summed E-state index contributed by atoms with van der Waals surface area (Å²) in [5, 5.41) is 11.7. The summed E-state index contributed by atoms with van der Waals surface area (Å²) in [5.74, 6) is -1.05. The van der Waals surface area contributed by atoms with Crippen LogP contribution in [0.4, 0.5) is 5.69 Å². The molecule has 114 valence electrons. The topological polar surface area (TPSA) is 66.4 Å². The molecule has 2 aromatic rings. The summed E-state index contributed by atoms with van der Waals surface area (Å²) in [6.45, 7) is 0. The van der Waals surface area contributed by atoms with E-state index in [-0.39, 0.29) is 17.4 Å². The number of hydrogen-bond acceptors (Lipinski definition) is 3. The van der Waals surface area contributed by atoms with E-state index in [2.05, 4.69) is 17.9 Å². The molecule has 1 amide bonds. The lowest BCUT2D eigenvalue weighted by atomic mass is 10.00. The maximum absolute atomic E-state index is 12.3. The molecule has 2 N–H and O–H groups in total. The third-order valence-corrected chi connectivity index (χ3v) is 3.73. The van der Waals surface area contributed by atoms with Gasteiger partial charge < -0.3 is 10.4 Å². The van der Waals surface area contributed by atoms with Gasteiger partial charge >= 0.3 is 5.97 Å². The van der Waals surface area contributed by atoms with Crippen LogP contribution >= 0.6 is 12.6 Å². The average Bonchev–Trinajstić information content (AvgIpc) is 2.53. The molecule has 0 aliphatic heterocycles. The molecule has 2 rings (SSSR count). The number of anilines is 1. The third-order valence-electron chi connectivity index (χ3n) is 3.29. The van der Waals surface area contributed by atoms with E-state index in [9.17, 15) is 9.59 Å². The molecule has 0 aliphatic carbocycles. The molecule has 0 saturated carbocycles. The van der Waals surface area contributed by atoms with Crippen molar-refractivity contribution in [1.29, 1.82) is 0 Å². The Morgan fingerprint density at radius 1 is 1.09 bits per heavy atom. The summed E-state index contributed by atoms with van der Waals surface area (Å²) in [5.41, 5.74) is 1.68. The number of nitrogens with one attached hydrogen (secondary N) is 1. The Bertz CT molecular complexity index is 658. The molecule has 0 bridgehead atoms. The Kier molecular flexibility index (Phi) is 5.61. The first-order chi connectivity index (χ1) is 10.6. The molecule has 4 nitrogen and oxygen atoms in total. The second-order valence-electron chi connectivity index (χ2n) is 4.94. The molecule has 1 atom stereocenters. The van der Waals surface area contributed by atoms with Crippen LogP contribution in [-0.2, 0) is 11.2 Å². The van der Waals surface area contributed by atoms with Crippen molar-refractivity contribution in [3.63, 3.8) is 0 Å². The fourth-order valence-electron chi connectivity index (χ4n) is 2.11.